The number of rotatable bonds is 3. The Morgan fingerprint density at radius 3 is 2.45 bits per heavy atom. The zero-order valence-corrected chi connectivity index (χ0v) is 6.68. The lowest BCUT2D eigenvalue weighted by Gasteiger charge is -2.70. The van der Waals surface area contributed by atoms with Crippen molar-refractivity contribution in [1.29, 1.82) is 0 Å². The van der Waals surface area contributed by atoms with Crippen molar-refractivity contribution >= 4 is 5.97 Å². The van der Waals surface area contributed by atoms with Crippen molar-refractivity contribution in [3.63, 3.8) is 0 Å². The summed E-state index contributed by atoms with van der Waals surface area (Å²) in [5.74, 6) is -0.644. The van der Waals surface area contributed by atoms with Crippen LogP contribution in [0.15, 0.2) is 0 Å². The first-order valence-corrected chi connectivity index (χ1v) is 4.01. The fourth-order valence-electron chi connectivity index (χ4n) is 2.77. The van der Waals surface area contributed by atoms with Crippen molar-refractivity contribution in [3.05, 3.63) is 0 Å². The molecular weight excluding hydrogens is 142 g/mol. The quantitative estimate of drug-likeness (QED) is 0.627. The van der Waals surface area contributed by atoms with Gasteiger partial charge in [-0.25, -0.2) is 0 Å². The van der Waals surface area contributed by atoms with Crippen LogP contribution < -0.4 is 5.32 Å². The Hall–Kier alpha value is -0.570. The normalized spacial score (nSPS) is 45.9. The number of carboxylic acid groups (broad SMARTS) is 1. The zero-order valence-electron chi connectivity index (χ0n) is 6.68. The van der Waals surface area contributed by atoms with Crippen molar-refractivity contribution in [2.75, 3.05) is 7.05 Å². The van der Waals surface area contributed by atoms with Crippen molar-refractivity contribution in [2.24, 2.45) is 5.41 Å². The van der Waals surface area contributed by atoms with E-state index >= 15 is 0 Å². The van der Waals surface area contributed by atoms with Gasteiger partial charge >= 0.3 is 5.97 Å². The van der Waals surface area contributed by atoms with Crippen LogP contribution in [0.1, 0.15) is 25.7 Å². The Bertz CT molecular complexity index is 192. The third-order valence-corrected chi connectivity index (χ3v) is 3.20. The summed E-state index contributed by atoms with van der Waals surface area (Å²) in [5, 5.41) is 11.8. The Kier molecular flexibility index (Phi) is 1.15. The molecule has 3 nitrogen and oxygen atoms in total. The minimum Gasteiger partial charge on any atom is -0.481 e. The van der Waals surface area contributed by atoms with Crippen molar-refractivity contribution in [3.8, 4) is 0 Å². The molecule has 2 bridgehead atoms. The molecule has 0 aliphatic heterocycles. The SMILES string of the molecule is CNC12CC(CC(=O)O)(C1)C2. The van der Waals surface area contributed by atoms with E-state index in [0.29, 0.717) is 12.0 Å². The molecule has 3 fully saturated rings. The van der Waals surface area contributed by atoms with Gasteiger partial charge in [-0.15, -0.1) is 0 Å². The second kappa shape index (κ2) is 1.78. The summed E-state index contributed by atoms with van der Waals surface area (Å²) in [5.41, 5.74) is 0.532. The van der Waals surface area contributed by atoms with Crippen LogP contribution in [-0.2, 0) is 4.79 Å². The summed E-state index contributed by atoms with van der Waals surface area (Å²) in [6.07, 6.45) is 3.59. The minimum atomic E-state index is -0.644. The largest absolute Gasteiger partial charge is 0.481 e. The summed E-state index contributed by atoms with van der Waals surface area (Å²) in [4.78, 5) is 10.4. The van der Waals surface area contributed by atoms with Gasteiger partial charge in [0.25, 0.3) is 0 Å². The minimum absolute atomic E-state index is 0.189. The molecule has 0 amide bonds. The molecule has 3 aliphatic carbocycles. The van der Waals surface area contributed by atoms with E-state index in [1.54, 1.807) is 0 Å². The van der Waals surface area contributed by atoms with Crippen LogP contribution in [0.4, 0.5) is 0 Å². The molecule has 11 heavy (non-hydrogen) atoms. The summed E-state index contributed by atoms with van der Waals surface area (Å²) < 4.78 is 0. The van der Waals surface area contributed by atoms with E-state index in [0.717, 1.165) is 19.3 Å². The van der Waals surface area contributed by atoms with Crippen LogP contribution in [-0.4, -0.2) is 23.7 Å². The van der Waals surface area contributed by atoms with Crippen LogP contribution in [0.3, 0.4) is 0 Å². The van der Waals surface area contributed by atoms with Gasteiger partial charge in [0, 0.05) is 5.54 Å². The number of carboxylic acids is 1. The lowest BCUT2D eigenvalue weighted by Crippen LogP contribution is -2.73. The van der Waals surface area contributed by atoms with E-state index < -0.39 is 5.97 Å². The molecule has 3 heteroatoms. The Morgan fingerprint density at radius 1 is 1.55 bits per heavy atom. The number of nitrogens with one attached hydrogen (secondary N) is 1. The monoisotopic (exact) mass is 155 g/mol. The number of carbonyl (C=O) groups is 1. The highest BCUT2D eigenvalue weighted by molar-refractivity contribution is 5.68. The van der Waals surface area contributed by atoms with Gasteiger partial charge in [-0.2, -0.15) is 0 Å². The van der Waals surface area contributed by atoms with Crippen LogP contribution >= 0.6 is 0 Å². The third-order valence-electron chi connectivity index (χ3n) is 3.20. The van der Waals surface area contributed by atoms with Crippen LogP contribution in [0.2, 0.25) is 0 Å². The maximum absolute atomic E-state index is 10.4. The Balaban J connectivity index is 1.89. The van der Waals surface area contributed by atoms with Gasteiger partial charge < -0.3 is 10.4 Å². The van der Waals surface area contributed by atoms with Gasteiger partial charge in [0.1, 0.15) is 0 Å². The molecular formula is C8H13NO2. The molecule has 0 heterocycles. The van der Waals surface area contributed by atoms with E-state index in [1.807, 2.05) is 7.05 Å². The lowest BCUT2D eigenvalue weighted by molar-refractivity contribution is -0.174. The Morgan fingerprint density at radius 2 is 2.09 bits per heavy atom. The molecule has 0 aromatic rings. The molecule has 0 aromatic heterocycles. The highest BCUT2D eigenvalue weighted by atomic mass is 16.4. The molecule has 0 saturated heterocycles. The summed E-state index contributed by atoms with van der Waals surface area (Å²) >= 11 is 0. The van der Waals surface area contributed by atoms with E-state index in [1.165, 1.54) is 0 Å². The second-order valence-electron chi connectivity index (χ2n) is 4.13. The molecule has 62 valence electrons. The van der Waals surface area contributed by atoms with E-state index in [2.05, 4.69) is 5.32 Å². The van der Waals surface area contributed by atoms with Gasteiger partial charge in [0.05, 0.1) is 6.42 Å². The average Bonchev–Trinajstić information content (AvgIpc) is 1.74. The van der Waals surface area contributed by atoms with Crippen LogP contribution in [0, 0.1) is 5.41 Å². The molecule has 3 saturated carbocycles. The molecule has 0 radical (unpaired) electrons. The van der Waals surface area contributed by atoms with Crippen LogP contribution in [0.5, 0.6) is 0 Å². The summed E-state index contributed by atoms with van der Waals surface area (Å²) in [7, 11) is 1.96. The highest BCUT2D eigenvalue weighted by Gasteiger charge is 2.67. The van der Waals surface area contributed by atoms with Gasteiger partial charge in [-0.05, 0) is 31.7 Å². The fraction of sp³-hybridized carbons (Fsp3) is 0.875. The topological polar surface area (TPSA) is 49.3 Å². The maximum atomic E-state index is 10.4. The van der Waals surface area contributed by atoms with Crippen molar-refractivity contribution in [1.82, 2.24) is 5.32 Å². The maximum Gasteiger partial charge on any atom is 0.303 e. The van der Waals surface area contributed by atoms with E-state index in [4.69, 9.17) is 5.11 Å². The molecule has 0 atom stereocenters. The van der Waals surface area contributed by atoms with Crippen molar-refractivity contribution in [2.45, 2.75) is 31.2 Å². The first kappa shape index (κ1) is 7.10. The first-order valence-electron chi connectivity index (χ1n) is 4.01. The average molecular weight is 155 g/mol. The zero-order chi connectivity index (χ0) is 8.11. The van der Waals surface area contributed by atoms with Gasteiger partial charge in [-0.1, -0.05) is 0 Å². The second-order valence-corrected chi connectivity index (χ2v) is 4.13. The first-order chi connectivity index (χ1) is 5.10. The number of hydrogen-bond donors (Lipinski definition) is 2. The predicted octanol–water partition coefficient (Wildman–Crippen LogP) is 0.603. The summed E-state index contributed by atoms with van der Waals surface area (Å²) in [6.45, 7) is 0. The number of aliphatic carboxylic acids is 1. The highest BCUT2D eigenvalue weighted by Crippen LogP contribution is 2.68. The number of hydrogen-bond acceptors (Lipinski definition) is 2. The van der Waals surface area contributed by atoms with Gasteiger partial charge in [-0.3, -0.25) is 4.79 Å². The molecule has 0 unspecified atom stereocenters. The fourth-order valence-corrected chi connectivity index (χ4v) is 2.77. The molecule has 3 rings (SSSR count). The smallest absolute Gasteiger partial charge is 0.303 e. The Labute approximate surface area is 65.8 Å². The third kappa shape index (κ3) is 0.805. The van der Waals surface area contributed by atoms with Gasteiger partial charge in [0.15, 0.2) is 0 Å². The molecule has 0 aromatic carbocycles. The van der Waals surface area contributed by atoms with E-state index in [9.17, 15) is 4.79 Å². The van der Waals surface area contributed by atoms with E-state index in [-0.39, 0.29) is 5.41 Å². The molecule has 0 spiro atoms. The molecule has 3 aliphatic rings. The van der Waals surface area contributed by atoms with Crippen LogP contribution in [0.25, 0.3) is 0 Å². The molecule has 2 N–H and O–H groups in total. The van der Waals surface area contributed by atoms with Gasteiger partial charge in [0.2, 0.25) is 0 Å². The lowest BCUT2D eigenvalue weighted by atomic mass is 9.38. The summed E-state index contributed by atoms with van der Waals surface area (Å²) in [6, 6.07) is 0. The van der Waals surface area contributed by atoms with Crippen molar-refractivity contribution < 1.29 is 9.90 Å². The standard InChI is InChI=1S/C8H13NO2/c1-9-8-3-7(4-8,5-8)2-6(10)11/h9H,2-5H2,1H3,(H,10,11). The predicted molar refractivity (Wildman–Crippen MR) is 40.3 cm³/mol.